The fraction of sp³-hybridized carbons (Fsp3) is 0.167. The quantitative estimate of drug-likeness (QED) is 0.557. The van der Waals surface area contributed by atoms with E-state index in [9.17, 15) is 0 Å². The van der Waals surface area contributed by atoms with Crippen LogP contribution >= 0.6 is 50.9 Å². The van der Waals surface area contributed by atoms with Crippen LogP contribution < -0.4 is 0 Å². The molecule has 2 nitrogen and oxygen atoms in total. The molecule has 18 heavy (non-hydrogen) atoms. The van der Waals surface area contributed by atoms with Crippen molar-refractivity contribution in [2.75, 3.05) is 0 Å². The third-order valence-electron chi connectivity index (χ3n) is 2.22. The van der Waals surface area contributed by atoms with Gasteiger partial charge in [0.15, 0.2) is 0 Å². The van der Waals surface area contributed by atoms with Gasteiger partial charge in [0.05, 0.1) is 20.9 Å². The number of hydrogen-bond acceptors (Lipinski definition) is 3. The molecule has 0 spiro atoms. The van der Waals surface area contributed by atoms with Crippen molar-refractivity contribution in [1.29, 1.82) is 0 Å². The van der Waals surface area contributed by atoms with Crippen LogP contribution in [-0.2, 0) is 5.75 Å². The van der Waals surface area contributed by atoms with Gasteiger partial charge in [0.25, 0.3) is 0 Å². The Morgan fingerprint density at radius 3 is 2.61 bits per heavy atom. The summed E-state index contributed by atoms with van der Waals surface area (Å²) in [4.78, 5) is 9.61. The van der Waals surface area contributed by atoms with E-state index in [4.69, 9.17) is 23.2 Å². The van der Waals surface area contributed by atoms with Gasteiger partial charge in [0.1, 0.15) is 11.0 Å². The lowest BCUT2D eigenvalue weighted by atomic mass is 10.4. The summed E-state index contributed by atoms with van der Waals surface area (Å²) in [6, 6.07) is 7.70. The molecule has 94 valence electrons. The molecule has 0 amide bonds. The maximum absolute atomic E-state index is 6.08. The number of nitrogens with zero attached hydrogens (tertiary/aromatic N) is 2. The Labute approximate surface area is 128 Å². The highest BCUT2D eigenvalue weighted by molar-refractivity contribution is 9.10. The topological polar surface area (TPSA) is 25.8 Å². The van der Waals surface area contributed by atoms with E-state index in [2.05, 4.69) is 25.9 Å². The van der Waals surface area contributed by atoms with Gasteiger partial charge in [-0.2, -0.15) is 0 Å². The summed E-state index contributed by atoms with van der Waals surface area (Å²) in [6.07, 6.45) is 0. The maximum atomic E-state index is 6.08. The maximum Gasteiger partial charge on any atom is 0.147 e. The lowest BCUT2D eigenvalue weighted by molar-refractivity contribution is 0.984. The number of thioether (sulfide) groups is 1. The molecule has 1 aromatic heterocycles. The Morgan fingerprint density at radius 1 is 1.22 bits per heavy atom. The van der Waals surface area contributed by atoms with Crippen LogP contribution in [0.1, 0.15) is 11.5 Å². The first-order valence-corrected chi connectivity index (χ1v) is 7.67. The second-order valence-electron chi connectivity index (χ2n) is 3.55. The van der Waals surface area contributed by atoms with Crippen LogP contribution in [0.2, 0.25) is 10.2 Å². The average molecular weight is 364 g/mol. The van der Waals surface area contributed by atoms with Gasteiger partial charge in [0, 0.05) is 4.90 Å². The smallest absolute Gasteiger partial charge is 0.147 e. The first-order valence-electron chi connectivity index (χ1n) is 5.14. The standard InChI is InChI=1S/C12H9BrCl2N2S/c1-7-11(13)12(15)17-10(16-7)6-18-9-5-3-2-4-8(9)14/h2-5H,6H2,1H3. The van der Waals surface area contributed by atoms with E-state index in [0.29, 0.717) is 16.7 Å². The second-order valence-corrected chi connectivity index (χ2v) is 6.12. The largest absolute Gasteiger partial charge is 0.236 e. The number of rotatable bonds is 3. The fourth-order valence-electron chi connectivity index (χ4n) is 1.35. The van der Waals surface area contributed by atoms with Crippen molar-refractivity contribution in [2.45, 2.75) is 17.6 Å². The molecule has 0 saturated heterocycles. The van der Waals surface area contributed by atoms with Gasteiger partial charge < -0.3 is 0 Å². The van der Waals surface area contributed by atoms with Crippen LogP contribution in [0.25, 0.3) is 0 Å². The van der Waals surface area contributed by atoms with Crippen molar-refractivity contribution >= 4 is 50.9 Å². The highest BCUT2D eigenvalue weighted by Crippen LogP contribution is 2.30. The molecular formula is C12H9BrCl2N2S. The molecule has 1 heterocycles. The van der Waals surface area contributed by atoms with E-state index in [1.807, 2.05) is 31.2 Å². The number of aryl methyl sites for hydroxylation is 1. The summed E-state index contributed by atoms with van der Waals surface area (Å²) in [6.45, 7) is 1.89. The Balaban J connectivity index is 2.14. The molecule has 6 heteroatoms. The molecule has 2 aromatic rings. The van der Waals surface area contributed by atoms with Crippen molar-refractivity contribution in [3.05, 3.63) is 50.4 Å². The molecule has 0 radical (unpaired) electrons. The Bertz CT molecular complexity index is 555. The number of hydrogen-bond donors (Lipinski definition) is 0. The first kappa shape index (κ1) is 14.1. The molecule has 0 atom stereocenters. The third kappa shape index (κ3) is 3.38. The minimum Gasteiger partial charge on any atom is -0.236 e. The molecule has 0 aliphatic heterocycles. The van der Waals surface area contributed by atoms with Gasteiger partial charge in [0.2, 0.25) is 0 Å². The molecular weight excluding hydrogens is 355 g/mol. The molecule has 1 aromatic carbocycles. The lowest BCUT2D eigenvalue weighted by Crippen LogP contribution is -1.97. The second kappa shape index (κ2) is 6.24. The van der Waals surface area contributed by atoms with E-state index in [1.165, 1.54) is 0 Å². The SMILES string of the molecule is Cc1nc(CSc2ccccc2Cl)nc(Cl)c1Br. The monoisotopic (exact) mass is 362 g/mol. The first-order chi connectivity index (χ1) is 8.58. The summed E-state index contributed by atoms with van der Waals surface area (Å²) in [5.41, 5.74) is 0.838. The van der Waals surface area contributed by atoms with E-state index in [-0.39, 0.29) is 0 Å². The average Bonchev–Trinajstić information content (AvgIpc) is 2.35. The predicted molar refractivity (Wildman–Crippen MR) is 80.5 cm³/mol. The number of halogens is 3. The molecule has 0 N–H and O–H groups in total. The van der Waals surface area contributed by atoms with Gasteiger partial charge in [-0.05, 0) is 35.0 Å². The van der Waals surface area contributed by atoms with Gasteiger partial charge in [-0.3, -0.25) is 0 Å². The Morgan fingerprint density at radius 2 is 1.94 bits per heavy atom. The van der Waals surface area contributed by atoms with Gasteiger partial charge in [-0.25, -0.2) is 9.97 Å². The van der Waals surface area contributed by atoms with Crippen molar-refractivity contribution in [1.82, 2.24) is 9.97 Å². The minimum atomic E-state index is 0.442. The van der Waals surface area contributed by atoms with Crippen LogP contribution in [-0.4, -0.2) is 9.97 Å². The van der Waals surface area contributed by atoms with Crippen molar-refractivity contribution < 1.29 is 0 Å². The highest BCUT2D eigenvalue weighted by atomic mass is 79.9. The van der Waals surface area contributed by atoms with Crippen LogP contribution in [0.15, 0.2) is 33.6 Å². The summed E-state index contributed by atoms with van der Waals surface area (Å²) >= 11 is 17.0. The lowest BCUT2D eigenvalue weighted by Gasteiger charge is -2.05. The van der Waals surface area contributed by atoms with Crippen LogP contribution in [0.4, 0.5) is 0 Å². The summed E-state index contributed by atoms with van der Waals surface area (Å²) in [5, 5.41) is 1.18. The summed E-state index contributed by atoms with van der Waals surface area (Å²) < 4.78 is 0.746. The molecule has 0 unspecified atom stereocenters. The Kier molecular flexibility index (Phi) is 4.90. The highest BCUT2D eigenvalue weighted by Gasteiger charge is 2.08. The van der Waals surface area contributed by atoms with E-state index in [1.54, 1.807) is 11.8 Å². The minimum absolute atomic E-state index is 0.442. The molecule has 0 aliphatic carbocycles. The summed E-state index contributed by atoms with van der Waals surface area (Å²) in [7, 11) is 0. The molecule has 0 bridgehead atoms. The molecule has 0 fully saturated rings. The third-order valence-corrected chi connectivity index (χ3v) is 5.18. The molecule has 0 aliphatic rings. The van der Waals surface area contributed by atoms with E-state index >= 15 is 0 Å². The van der Waals surface area contributed by atoms with E-state index < -0.39 is 0 Å². The molecule has 2 rings (SSSR count). The van der Waals surface area contributed by atoms with Crippen LogP contribution in [0.5, 0.6) is 0 Å². The van der Waals surface area contributed by atoms with Crippen LogP contribution in [0, 0.1) is 6.92 Å². The zero-order valence-corrected chi connectivity index (χ0v) is 13.4. The van der Waals surface area contributed by atoms with Crippen molar-refractivity contribution in [3.8, 4) is 0 Å². The van der Waals surface area contributed by atoms with Gasteiger partial charge >= 0.3 is 0 Å². The van der Waals surface area contributed by atoms with Gasteiger partial charge in [-0.15, -0.1) is 11.8 Å². The van der Waals surface area contributed by atoms with Crippen LogP contribution in [0.3, 0.4) is 0 Å². The predicted octanol–water partition coefficient (Wildman–Crippen LogP) is 5.15. The zero-order chi connectivity index (χ0) is 13.1. The van der Waals surface area contributed by atoms with Crippen molar-refractivity contribution in [3.63, 3.8) is 0 Å². The normalized spacial score (nSPS) is 10.7. The van der Waals surface area contributed by atoms with E-state index in [0.717, 1.165) is 20.1 Å². The number of benzene rings is 1. The summed E-state index contributed by atoms with van der Waals surface area (Å²) in [5.74, 6) is 1.34. The van der Waals surface area contributed by atoms with Crippen molar-refractivity contribution in [2.24, 2.45) is 0 Å². The number of aromatic nitrogens is 2. The van der Waals surface area contributed by atoms with Gasteiger partial charge in [-0.1, -0.05) is 35.3 Å². The molecule has 0 saturated carbocycles. The fourth-order valence-corrected chi connectivity index (χ4v) is 2.85. The zero-order valence-electron chi connectivity index (χ0n) is 9.45. The Hall–Kier alpha value is -0.290.